The van der Waals surface area contributed by atoms with Gasteiger partial charge in [0.15, 0.2) is 0 Å². The van der Waals surface area contributed by atoms with E-state index in [-0.39, 0.29) is 11.5 Å². The topological polar surface area (TPSA) is 83.7 Å². The first-order valence-electron chi connectivity index (χ1n) is 6.63. The molecule has 2 aromatic heterocycles. The third-order valence-electron chi connectivity index (χ3n) is 3.21. The number of rotatable bonds is 3. The van der Waals surface area contributed by atoms with Gasteiger partial charge in [0.1, 0.15) is 5.65 Å². The second-order valence-electron chi connectivity index (χ2n) is 4.90. The van der Waals surface area contributed by atoms with Crippen LogP contribution in [0.3, 0.4) is 0 Å². The van der Waals surface area contributed by atoms with Gasteiger partial charge in [0.05, 0.1) is 11.3 Å². The minimum Gasteiger partial charge on any atom is -0.478 e. The Bertz CT molecular complexity index is 883. The minimum absolute atomic E-state index is 0.122. The first-order chi connectivity index (χ1) is 10.5. The third-order valence-corrected chi connectivity index (χ3v) is 3.21. The number of imidazole rings is 1. The highest BCUT2D eigenvalue weighted by atomic mass is 16.4. The van der Waals surface area contributed by atoms with E-state index >= 15 is 0 Å². The molecule has 0 aliphatic heterocycles. The van der Waals surface area contributed by atoms with Crippen molar-refractivity contribution in [1.29, 1.82) is 0 Å². The lowest BCUT2D eigenvalue weighted by molar-refractivity contribution is 0.0696. The fourth-order valence-corrected chi connectivity index (χ4v) is 2.18. The SMILES string of the molecule is Cc1cn2ccc(C(=O)Nc3cccc(C(=O)O)c3)cc2n1. The van der Waals surface area contributed by atoms with Gasteiger partial charge in [-0.15, -0.1) is 0 Å². The third kappa shape index (κ3) is 2.67. The number of aromatic carboxylic acids is 1. The molecule has 0 aliphatic rings. The Morgan fingerprint density at radius 1 is 1.18 bits per heavy atom. The van der Waals surface area contributed by atoms with Crippen LogP contribution in [0.5, 0.6) is 0 Å². The van der Waals surface area contributed by atoms with Crippen LogP contribution in [0.15, 0.2) is 48.8 Å². The number of carbonyl (C=O) groups excluding carboxylic acids is 1. The molecule has 1 amide bonds. The number of carboxylic acid groups (broad SMARTS) is 1. The maximum absolute atomic E-state index is 12.3. The van der Waals surface area contributed by atoms with E-state index in [1.54, 1.807) is 30.5 Å². The number of carbonyl (C=O) groups is 2. The highest BCUT2D eigenvalue weighted by Crippen LogP contribution is 2.14. The van der Waals surface area contributed by atoms with E-state index in [4.69, 9.17) is 5.11 Å². The molecule has 1 aromatic carbocycles. The van der Waals surface area contributed by atoms with Crippen LogP contribution in [-0.4, -0.2) is 26.4 Å². The molecule has 0 bridgehead atoms. The highest BCUT2D eigenvalue weighted by molar-refractivity contribution is 6.05. The summed E-state index contributed by atoms with van der Waals surface area (Å²) in [6, 6.07) is 9.48. The first-order valence-corrected chi connectivity index (χ1v) is 6.63. The molecule has 3 rings (SSSR count). The number of carboxylic acids is 1. The van der Waals surface area contributed by atoms with Gasteiger partial charge in [0, 0.05) is 23.6 Å². The number of pyridine rings is 1. The van der Waals surface area contributed by atoms with Gasteiger partial charge >= 0.3 is 5.97 Å². The van der Waals surface area contributed by atoms with E-state index in [1.165, 1.54) is 12.1 Å². The van der Waals surface area contributed by atoms with E-state index in [1.807, 2.05) is 17.5 Å². The van der Waals surface area contributed by atoms with Gasteiger partial charge < -0.3 is 14.8 Å². The Labute approximate surface area is 126 Å². The summed E-state index contributed by atoms with van der Waals surface area (Å²) in [6.07, 6.45) is 3.63. The fourth-order valence-electron chi connectivity index (χ4n) is 2.18. The fraction of sp³-hybridized carbons (Fsp3) is 0.0625. The van der Waals surface area contributed by atoms with Crippen molar-refractivity contribution in [2.24, 2.45) is 0 Å². The summed E-state index contributed by atoms with van der Waals surface area (Å²) in [5.74, 6) is -1.35. The van der Waals surface area contributed by atoms with Crippen LogP contribution in [0.2, 0.25) is 0 Å². The Kier molecular flexibility index (Phi) is 3.34. The van der Waals surface area contributed by atoms with Crippen LogP contribution in [0.1, 0.15) is 26.4 Å². The smallest absolute Gasteiger partial charge is 0.335 e. The van der Waals surface area contributed by atoms with Crippen LogP contribution in [0.25, 0.3) is 5.65 Å². The average Bonchev–Trinajstić information content (AvgIpc) is 2.86. The Morgan fingerprint density at radius 2 is 2.00 bits per heavy atom. The molecule has 110 valence electrons. The summed E-state index contributed by atoms with van der Waals surface area (Å²) in [7, 11) is 0. The van der Waals surface area contributed by atoms with Gasteiger partial charge in [-0.05, 0) is 37.3 Å². The molecule has 0 saturated heterocycles. The van der Waals surface area contributed by atoms with Crippen molar-refractivity contribution in [3.63, 3.8) is 0 Å². The quantitative estimate of drug-likeness (QED) is 0.778. The Hall–Kier alpha value is -3.15. The number of fused-ring (bicyclic) bond motifs is 1. The number of amides is 1. The predicted octanol–water partition coefficient (Wildman–Crippen LogP) is 2.59. The van der Waals surface area contributed by atoms with Crippen LogP contribution >= 0.6 is 0 Å². The van der Waals surface area contributed by atoms with Crippen molar-refractivity contribution in [2.75, 3.05) is 5.32 Å². The molecular formula is C16H13N3O3. The maximum atomic E-state index is 12.3. The number of benzene rings is 1. The normalized spacial score (nSPS) is 10.6. The lowest BCUT2D eigenvalue weighted by Gasteiger charge is -2.06. The molecule has 6 heteroatoms. The molecule has 22 heavy (non-hydrogen) atoms. The summed E-state index contributed by atoms with van der Waals surface area (Å²) < 4.78 is 1.83. The Morgan fingerprint density at radius 3 is 2.77 bits per heavy atom. The second-order valence-corrected chi connectivity index (χ2v) is 4.90. The maximum Gasteiger partial charge on any atom is 0.335 e. The molecule has 6 nitrogen and oxygen atoms in total. The van der Waals surface area contributed by atoms with Gasteiger partial charge in [-0.25, -0.2) is 9.78 Å². The van der Waals surface area contributed by atoms with Gasteiger partial charge in [-0.3, -0.25) is 4.79 Å². The molecule has 0 aliphatic carbocycles. The zero-order chi connectivity index (χ0) is 15.7. The summed E-state index contributed by atoms with van der Waals surface area (Å²) in [5.41, 5.74) is 2.57. The minimum atomic E-state index is -1.04. The highest BCUT2D eigenvalue weighted by Gasteiger charge is 2.10. The van der Waals surface area contributed by atoms with Crippen LogP contribution in [0, 0.1) is 6.92 Å². The first kappa shape index (κ1) is 13.8. The van der Waals surface area contributed by atoms with Crippen LogP contribution in [0.4, 0.5) is 5.69 Å². The molecule has 0 saturated carbocycles. The number of hydrogen-bond acceptors (Lipinski definition) is 3. The average molecular weight is 295 g/mol. The van der Waals surface area contributed by atoms with Crippen LogP contribution < -0.4 is 5.32 Å². The van der Waals surface area contributed by atoms with Gasteiger partial charge in [0.2, 0.25) is 0 Å². The predicted molar refractivity (Wildman–Crippen MR) is 81.3 cm³/mol. The van der Waals surface area contributed by atoms with Crippen molar-refractivity contribution >= 4 is 23.2 Å². The monoisotopic (exact) mass is 295 g/mol. The summed E-state index contributed by atoms with van der Waals surface area (Å²) in [6.45, 7) is 1.88. The molecule has 0 fully saturated rings. The summed E-state index contributed by atoms with van der Waals surface area (Å²) in [4.78, 5) is 27.5. The molecule has 2 N–H and O–H groups in total. The van der Waals surface area contributed by atoms with Crippen molar-refractivity contribution < 1.29 is 14.7 Å². The largest absolute Gasteiger partial charge is 0.478 e. The van der Waals surface area contributed by atoms with E-state index in [9.17, 15) is 9.59 Å². The van der Waals surface area contributed by atoms with E-state index in [2.05, 4.69) is 10.3 Å². The molecule has 0 radical (unpaired) electrons. The number of nitrogens with one attached hydrogen (secondary N) is 1. The van der Waals surface area contributed by atoms with Gasteiger partial charge in [0.25, 0.3) is 5.91 Å². The zero-order valence-corrected chi connectivity index (χ0v) is 11.8. The molecule has 0 atom stereocenters. The van der Waals surface area contributed by atoms with Gasteiger partial charge in [-0.2, -0.15) is 0 Å². The van der Waals surface area contributed by atoms with Crippen LogP contribution in [-0.2, 0) is 0 Å². The molecule has 3 aromatic rings. The van der Waals surface area contributed by atoms with Crippen molar-refractivity contribution in [2.45, 2.75) is 6.92 Å². The van der Waals surface area contributed by atoms with E-state index in [0.29, 0.717) is 16.9 Å². The van der Waals surface area contributed by atoms with Crippen molar-refractivity contribution in [1.82, 2.24) is 9.38 Å². The molecular weight excluding hydrogens is 282 g/mol. The van der Waals surface area contributed by atoms with E-state index in [0.717, 1.165) is 5.69 Å². The molecule has 2 heterocycles. The van der Waals surface area contributed by atoms with Crippen molar-refractivity contribution in [3.8, 4) is 0 Å². The molecule has 0 spiro atoms. The number of nitrogens with zero attached hydrogens (tertiary/aromatic N) is 2. The van der Waals surface area contributed by atoms with E-state index < -0.39 is 5.97 Å². The summed E-state index contributed by atoms with van der Waals surface area (Å²) >= 11 is 0. The number of aromatic nitrogens is 2. The Balaban J connectivity index is 1.86. The lowest BCUT2D eigenvalue weighted by atomic mass is 10.2. The zero-order valence-electron chi connectivity index (χ0n) is 11.8. The second kappa shape index (κ2) is 5.33. The summed E-state index contributed by atoms with van der Waals surface area (Å²) in [5, 5.41) is 11.6. The van der Waals surface area contributed by atoms with Crippen molar-refractivity contribution in [3.05, 3.63) is 65.6 Å². The number of hydrogen-bond donors (Lipinski definition) is 2. The number of anilines is 1. The molecule has 0 unspecified atom stereocenters. The lowest BCUT2D eigenvalue weighted by Crippen LogP contribution is -2.12. The number of aryl methyl sites for hydroxylation is 1. The standard InChI is InChI=1S/C16H13N3O3/c1-10-9-19-6-5-11(8-14(19)17-10)15(20)18-13-4-2-3-12(7-13)16(21)22/h2-9H,1H3,(H,18,20)(H,21,22). The van der Waals surface area contributed by atoms with Gasteiger partial charge in [-0.1, -0.05) is 6.07 Å².